The van der Waals surface area contributed by atoms with E-state index >= 15 is 0 Å². The predicted octanol–water partition coefficient (Wildman–Crippen LogP) is 2.59. The Morgan fingerprint density at radius 2 is 1.70 bits per heavy atom. The molecule has 2 aliphatic rings. The third-order valence-electron chi connectivity index (χ3n) is 6.35. The first kappa shape index (κ1) is 27.9. The number of hydrogen-bond donors (Lipinski definition) is 2. The van der Waals surface area contributed by atoms with E-state index in [2.05, 4.69) is 44.5 Å². The molecular formula is C24H42IN5O3. The second-order valence-corrected chi connectivity index (χ2v) is 8.73. The summed E-state index contributed by atoms with van der Waals surface area (Å²) < 4.78 is 16.6. The molecule has 0 radical (unpaired) electrons. The number of rotatable bonds is 10. The van der Waals surface area contributed by atoms with E-state index in [1.54, 1.807) is 14.2 Å². The van der Waals surface area contributed by atoms with Gasteiger partial charge in [0, 0.05) is 39.8 Å². The van der Waals surface area contributed by atoms with Crippen molar-refractivity contribution < 1.29 is 14.2 Å². The zero-order chi connectivity index (χ0) is 22.8. The molecule has 2 fully saturated rings. The van der Waals surface area contributed by atoms with Gasteiger partial charge in [-0.05, 0) is 49.5 Å². The maximum atomic E-state index is 5.59. The van der Waals surface area contributed by atoms with Gasteiger partial charge in [-0.25, -0.2) is 0 Å². The largest absolute Gasteiger partial charge is 0.493 e. The van der Waals surface area contributed by atoms with E-state index < -0.39 is 0 Å². The van der Waals surface area contributed by atoms with Crippen LogP contribution in [0.3, 0.4) is 0 Å². The fraction of sp³-hybridized carbons (Fsp3) is 0.708. The average molecular weight is 576 g/mol. The highest BCUT2D eigenvalue weighted by atomic mass is 127. The van der Waals surface area contributed by atoms with Gasteiger partial charge >= 0.3 is 0 Å². The van der Waals surface area contributed by atoms with Crippen LogP contribution >= 0.6 is 24.0 Å². The molecule has 1 aromatic carbocycles. The Kier molecular flexibility index (Phi) is 12.6. The Morgan fingerprint density at radius 3 is 2.33 bits per heavy atom. The van der Waals surface area contributed by atoms with Crippen molar-refractivity contribution in [2.45, 2.75) is 25.8 Å². The zero-order valence-corrected chi connectivity index (χ0v) is 23.0. The van der Waals surface area contributed by atoms with Gasteiger partial charge < -0.3 is 29.7 Å². The number of methoxy groups -OCH3 is 2. The number of halogens is 1. The van der Waals surface area contributed by atoms with Gasteiger partial charge in [-0.3, -0.25) is 9.89 Å². The molecule has 8 nitrogen and oxygen atoms in total. The lowest BCUT2D eigenvalue weighted by atomic mass is 10.0. The Morgan fingerprint density at radius 1 is 1.03 bits per heavy atom. The van der Waals surface area contributed by atoms with Crippen LogP contribution in [-0.4, -0.2) is 96.1 Å². The van der Waals surface area contributed by atoms with Crippen molar-refractivity contribution in [3.05, 3.63) is 23.8 Å². The van der Waals surface area contributed by atoms with E-state index in [0.717, 1.165) is 63.4 Å². The first-order chi connectivity index (χ1) is 15.6. The van der Waals surface area contributed by atoms with E-state index in [4.69, 9.17) is 14.2 Å². The Labute approximate surface area is 216 Å². The molecule has 2 saturated heterocycles. The summed E-state index contributed by atoms with van der Waals surface area (Å²) in [6.07, 6.45) is 2.67. The molecule has 2 atom stereocenters. The summed E-state index contributed by atoms with van der Waals surface area (Å²) in [5.41, 5.74) is 1.19. The molecule has 2 N–H and O–H groups in total. The molecule has 0 aromatic heterocycles. The van der Waals surface area contributed by atoms with Gasteiger partial charge in [0.25, 0.3) is 0 Å². The number of benzene rings is 1. The van der Waals surface area contributed by atoms with Crippen LogP contribution in [0.25, 0.3) is 0 Å². The third-order valence-corrected chi connectivity index (χ3v) is 6.35. The molecule has 0 spiro atoms. The van der Waals surface area contributed by atoms with Gasteiger partial charge in [-0.2, -0.15) is 0 Å². The molecule has 0 aliphatic carbocycles. The standard InChI is InChI=1S/C24H41N5O3.HI/c1-19(18-28-9-5-6-10-28)16-26-24(25-2)27-17-21(29-11-13-32-14-12-29)20-7-8-22(30-3)23(15-20)31-4;/h7-8,15,19,21H,5-6,9-14,16-18H2,1-4H3,(H2,25,26,27);1H. The van der Waals surface area contributed by atoms with Crippen molar-refractivity contribution in [3.8, 4) is 11.5 Å². The normalized spacial score (nSPS) is 19.5. The maximum Gasteiger partial charge on any atom is 0.191 e. The molecule has 3 rings (SSSR count). The van der Waals surface area contributed by atoms with Crippen molar-refractivity contribution in [2.24, 2.45) is 10.9 Å². The van der Waals surface area contributed by atoms with Gasteiger partial charge in [0.2, 0.25) is 0 Å². The summed E-state index contributed by atoms with van der Waals surface area (Å²) in [6, 6.07) is 6.36. The molecular weight excluding hydrogens is 533 g/mol. The van der Waals surface area contributed by atoms with Crippen molar-refractivity contribution in [2.75, 3.05) is 80.3 Å². The quantitative estimate of drug-likeness (QED) is 0.253. The first-order valence-electron chi connectivity index (χ1n) is 11.8. The molecule has 33 heavy (non-hydrogen) atoms. The van der Waals surface area contributed by atoms with Crippen LogP contribution in [-0.2, 0) is 4.74 Å². The van der Waals surface area contributed by atoms with E-state index in [1.165, 1.54) is 31.5 Å². The zero-order valence-electron chi connectivity index (χ0n) is 20.6. The molecule has 2 heterocycles. The monoisotopic (exact) mass is 575 g/mol. The lowest BCUT2D eigenvalue weighted by molar-refractivity contribution is 0.0169. The van der Waals surface area contributed by atoms with Crippen molar-refractivity contribution in [3.63, 3.8) is 0 Å². The molecule has 2 unspecified atom stereocenters. The predicted molar refractivity (Wildman–Crippen MR) is 144 cm³/mol. The van der Waals surface area contributed by atoms with Gasteiger partial charge in [-0.1, -0.05) is 13.0 Å². The Hall–Kier alpha value is -1.30. The number of aliphatic imine (C=N–C) groups is 1. The Bertz CT molecular complexity index is 724. The fourth-order valence-electron chi connectivity index (χ4n) is 4.56. The summed E-state index contributed by atoms with van der Waals surface area (Å²) in [4.78, 5) is 9.48. The van der Waals surface area contributed by atoms with Crippen LogP contribution in [0.15, 0.2) is 23.2 Å². The molecule has 9 heteroatoms. The average Bonchev–Trinajstić information content (AvgIpc) is 3.34. The fourth-order valence-corrected chi connectivity index (χ4v) is 4.56. The van der Waals surface area contributed by atoms with Crippen LogP contribution in [0.2, 0.25) is 0 Å². The van der Waals surface area contributed by atoms with E-state index in [9.17, 15) is 0 Å². The first-order valence-corrected chi connectivity index (χ1v) is 11.8. The van der Waals surface area contributed by atoms with E-state index in [1.807, 2.05) is 13.1 Å². The topological polar surface area (TPSA) is 70.6 Å². The molecule has 0 saturated carbocycles. The van der Waals surface area contributed by atoms with Crippen molar-refractivity contribution in [1.82, 2.24) is 20.4 Å². The second-order valence-electron chi connectivity index (χ2n) is 8.73. The molecule has 0 bridgehead atoms. The van der Waals surface area contributed by atoms with Crippen molar-refractivity contribution >= 4 is 29.9 Å². The van der Waals surface area contributed by atoms with Crippen LogP contribution in [0.5, 0.6) is 11.5 Å². The van der Waals surface area contributed by atoms with Crippen LogP contribution in [0.4, 0.5) is 0 Å². The number of nitrogens with zero attached hydrogens (tertiary/aromatic N) is 3. The highest BCUT2D eigenvalue weighted by Gasteiger charge is 2.24. The maximum absolute atomic E-state index is 5.59. The van der Waals surface area contributed by atoms with E-state index in [-0.39, 0.29) is 30.0 Å². The molecule has 188 valence electrons. The number of nitrogens with one attached hydrogen (secondary N) is 2. The summed E-state index contributed by atoms with van der Waals surface area (Å²) in [7, 11) is 5.18. The van der Waals surface area contributed by atoms with Crippen LogP contribution < -0.4 is 20.1 Å². The molecule has 1 aromatic rings. The number of guanidine groups is 1. The minimum Gasteiger partial charge on any atom is -0.493 e. The summed E-state index contributed by atoms with van der Waals surface area (Å²) in [5.74, 6) is 2.92. The van der Waals surface area contributed by atoms with Crippen LogP contribution in [0.1, 0.15) is 31.4 Å². The SMILES string of the molecule is CN=C(NCC(C)CN1CCCC1)NCC(c1ccc(OC)c(OC)c1)N1CCOCC1.I. The van der Waals surface area contributed by atoms with Crippen LogP contribution in [0, 0.1) is 5.92 Å². The second kappa shape index (κ2) is 14.9. The number of morpholine rings is 1. The summed E-state index contributed by atoms with van der Waals surface area (Å²) in [5, 5.41) is 7.07. The smallest absolute Gasteiger partial charge is 0.191 e. The number of hydrogen-bond acceptors (Lipinski definition) is 6. The summed E-state index contributed by atoms with van der Waals surface area (Å²) in [6.45, 7) is 10.9. The van der Waals surface area contributed by atoms with E-state index in [0.29, 0.717) is 5.92 Å². The summed E-state index contributed by atoms with van der Waals surface area (Å²) >= 11 is 0. The third kappa shape index (κ3) is 8.45. The number of ether oxygens (including phenoxy) is 3. The van der Waals surface area contributed by atoms with Gasteiger partial charge in [0.05, 0.1) is 33.5 Å². The minimum absolute atomic E-state index is 0. The highest BCUT2D eigenvalue weighted by Crippen LogP contribution is 2.32. The lowest BCUT2D eigenvalue weighted by Gasteiger charge is -2.35. The lowest BCUT2D eigenvalue weighted by Crippen LogP contribution is -2.47. The van der Waals surface area contributed by atoms with Gasteiger partial charge in [0.1, 0.15) is 0 Å². The number of likely N-dealkylation sites (tertiary alicyclic amines) is 1. The minimum atomic E-state index is 0. The highest BCUT2D eigenvalue weighted by molar-refractivity contribution is 14.0. The van der Waals surface area contributed by atoms with Crippen molar-refractivity contribution in [1.29, 1.82) is 0 Å². The van der Waals surface area contributed by atoms with Gasteiger partial charge in [-0.15, -0.1) is 24.0 Å². The molecule has 2 aliphatic heterocycles. The molecule has 0 amide bonds. The van der Waals surface area contributed by atoms with Gasteiger partial charge in [0.15, 0.2) is 17.5 Å². The Balaban J connectivity index is 0.00000385.